The molecule has 1 aliphatic rings. The molecular weight excluding hydrogens is 315 g/mol. The second-order valence-corrected chi connectivity index (χ2v) is 5.94. The van der Waals surface area contributed by atoms with Crippen molar-refractivity contribution in [2.24, 2.45) is 11.8 Å². The van der Waals surface area contributed by atoms with Crippen molar-refractivity contribution < 1.29 is 9.31 Å². The molecule has 0 bridgehead atoms. The number of anilines is 1. The van der Waals surface area contributed by atoms with Crippen molar-refractivity contribution in [2.75, 3.05) is 11.9 Å². The molecule has 19 heavy (non-hydrogen) atoms. The molecular formula is C13H16BrFN2O2. The lowest BCUT2D eigenvalue weighted by Crippen LogP contribution is -2.17. The standard InChI is InChI=1S/C13H16BrFN2O2/c1-8-3-2-4-9(8)7-16-12-5-10(14)11(15)6-13(12)17(18)19/h5-6,8-9,16H,2-4,7H2,1H3. The third-order valence-electron chi connectivity index (χ3n) is 3.83. The van der Waals surface area contributed by atoms with Gasteiger partial charge in [0, 0.05) is 6.54 Å². The molecule has 2 unspecified atom stereocenters. The van der Waals surface area contributed by atoms with Gasteiger partial charge in [0.05, 0.1) is 15.5 Å². The van der Waals surface area contributed by atoms with Crippen molar-refractivity contribution in [3.8, 4) is 0 Å². The molecule has 1 saturated carbocycles. The summed E-state index contributed by atoms with van der Waals surface area (Å²) in [5.74, 6) is 0.547. The lowest BCUT2D eigenvalue weighted by Gasteiger charge is -2.17. The fourth-order valence-electron chi connectivity index (χ4n) is 2.60. The first kappa shape index (κ1) is 14.2. The Hall–Kier alpha value is -1.17. The number of halogens is 2. The molecule has 0 amide bonds. The largest absolute Gasteiger partial charge is 0.379 e. The fourth-order valence-corrected chi connectivity index (χ4v) is 2.94. The van der Waals surface area contributed by atoms with Crippen LogP contribution in [-0.2, 0) is 0 Å². The maximum Gasteiger partial charge on any atom is 0.295 e. The van der Waals surface area contributed by atoms with Crippen LogP contribution in [0.5, 0.6) is 0 Å². The van der Waals surface area contributed by atoms with E-state index in [0.29, 0.717) is 24.1 Å². The van der Waals surface area contributed by atoms with Crippen molar-refractivity contribution in [2.45, 2.75) is 26.2 Å². The quantitative estimate of drug-likeness (QED) is 0.659. The van der Waals surface area contributed by atoms with Gasteiger partial charge in [0.1, 0.15) is 11.5 Å². The Morgan fingerprint density at radius 3 is 2.84 bits per heavy atom. The summed E-state index contributed by atoms with van der Waals surface area (Å²) < 4.78 is 13.6. The molecule has 104 valence electrons. The lowest BCUT2D eigenvalue weighted by atomic mass is 9.98. The van der Waals surface area contributed by atoms with Crippen LogP contribution in [0.4, 0.5) is 15.8 Å². The van der Waals surface area contributed by atoms with Gasteiger partial charge in [-0.2, -0.15) is 0 Å². The summed E-state index contributed by atoms with van der Waals surface area (Å²) in [6, 6.07) is 2.39. The zero-order chi connectivity index (χ0) is 14.0. The van der Waals surface area contributed by atoms with Gasteiger partial charge in [-0.1, -0.05) is 19.8 Å². The van der Waals surface area contributed by atoms with Crippen LogP contribution in [0.3, 0.4) is 0 Å². The van der Waals surface area contributed by atoms with Crippen LogP contribution in [0.15, 0.2) is 16.6 Å². The fraction of sp³-hybridized carbons (Fsp3) is 0.538. The minimum absolute atomic E-state index is 0.216. The summed E-state index contributed by atoms with van der Waals surface area (Å²) in [6.45, 7) is 2.90. The van der Waals surface area contributed by atoms with E-state index in [9.17, 15) is 14.5 Å². The van der Waals surface area contributed by atoms with E-state index in [1.807, 2.05) is 0 Å². The zero-order valence-electron chi connectivity index (χ0n) is 10.7. The first-order chi connectivity index (χ1) is 8.99. The van der Waals surface area contributed by atoms with Crippen LogP contribution in [-0.4, -0.2) is 11.5 Å². The SMILES string of the molecule is CC1CCCC1CNc1cc(Br)c(F)cc1[N+](=O)[O-]. The van der Waals surface area contributed by atoms with Crippen molar-refractivity contribution in [3.05, 3.63) is 32.5 Å². The van der Waals surface area contributed by atoms with Crippen LogP contribution in [0, 0.1) is 27.8 Å². The maximum absolute atomic E-state index is 13.3. The highest BCUT2D eigenvalue weighted by Gasteiger charge is 2.24. The number of nitro groups is 1. The maximum atomic E-state index is 13.3. The molecule has 2 atom stereocenters. The van der Waals surface area contributed by atoms with Gasteiger partial charge in [0.2, 0.25) is 0 Å². The van der Waals surface area contributed by atoms with Gasteiger partial charge >= 0.3 is 0 Å². The van der Waals surface area contributed by atoms with Crippen molar-refractivity contribution >= 4 is 27.3 Å². The molecule has 4 nitrogen and oxygen atoms in total. The lowest BCUT2D eigenvalue weighted by molar-refractivity contribution is -0.384. The van der Waals surface area contributed by atoms with E-state index in [-0.39, 0.29) is 10.2 Å². The van der Waals surface area contributed by atoms with E-state index in [4.69, 9.17) is 0 Å². The first-order valence-corrected chi connectivity index (χ1v) is 7.15. The van der Waals surface area contributed by atoms with Gasteiger partial charge in [-0.25, -0.2) is 4.39 Å². The average Bonchev–Trinajstić information content (AvgIpc) is 2.75. The van der Waals surface area contributed by atoms with Crippen LogP contribution >= 0.6 is 15.9 Å². The summed E-state index contributed by atoms with van der Waals surface area (Å²) in [5.41, 5.74) is 0.156. The summed E-state index contributed by atoms with van der Waals surface area (Å²) in [4.78, 5) is 10.4. The minimum Gasteiger partial charge on any atom is -0.379 e. The van der Waals surface area contributed by atoms with Crippen LogP contribution in [0.2, 0.25) is 0 Å². The number of nitro benzene ring substituents is 1. The highest BCUT2D eigenvalue weighted by molar-refractivity contribution is 9.10. The van der Waals surface area contributed by atoms with E-state index in [0.717, 1.165) is 12.5 Å². The Morgan fingerprint density at radius 1 is 1.53 bits per heavy atom. The van der Waals surface area contributed by atoms with Crippen molar-refractivity contribution in [1.82, 2.24) is 0 Å². The number of rotatable bonds is 4. The molecule has 0 radical (unpaired) electrons. The molecule has 1 N–H and O–H groups in total. The highest BCUT2D eigenvalue weighted by atomic mass is 79.9. The number of nitrogens with zero attached hydrogens (tertiary/aromatic N) is 1. The van der Waals surface area contributed by atoms with E-state index in [1.54, 1.807) is 0 Å². The normalized spacial score (nSPS) is 22.5. The Bertz CT molecular complexity index is 496. The molecule has 0 saturated heterocycles. The Balaban J connectivity index is 2.14. The van der Waals surface area contributed by atoms with E-state index in [1.165, 1.54) is 18.9 Å². The Labute approximate surface area is 119 Å². The predicted molar refractivity (Wildman–Crippen MR) is 75.7 cm³/mol. The van der Waals surface area contributed by atoms with Crippen LogP contribution < -0.4 is 5.32 Å². The molecule has 2 rings (SSSR count). The molecule has 6 heteroatoms. The third kappa shape index (κ3) is 3.23. The monoisotopic (exact) mass is 330 g/mol. The Morgan fingerprint density at radius 2 is 2.26 bits per heavy atom. The molecule has 1 aromatic rings. The first-order valence-electron chi connectivity index (χ1n) is 6.36. The smallest absolute Gasteiger partial charge is 0.295 e. The van der Waals surface area contributed by atoms with Gasteiger partial charge in [-0.3, -0.25) is 10.1 Å². The summed E-state index contributed by atoms with van der Waals surface area (Å²) in [5, 5.41) is 14.0. The van der Waals surface area contributed by atoms with Crippen LogP contribution in [0.25, 0.3) is 0 Å². The molecule has 0 aromatic heterocycles. The van der Waals surface area contributed by atoms with E-state index < -0.39 is 10.7 Å². The minimum atomic E-state index is -0.619. The second-order valence-electron chi connectivity index (χ2n) is 5.09. The van der Waals surface area contributed by atoms with Crippen molar-refractivity contribution in [3.63, 3.8) is 0 Å². The molecule has 1 fully saturated rings. The summed E-state index contributed by atoms with van der Waals surface area (Å²) in [6.07, 6.45) is 3.56. The summed E-state index contributed by atoms with van der Waals surface area (Å²) in [7, 11) is 0. The zero-order valence-corrected chi connectivity index (χ0v) is 12.2. The highest BCUT2D eigenvalue weighted by Crippen LogP contribution is 2.34. The topological polar surface area (TPSA) is 55.2 Å². The van der Waals surface area contributed by atoms with Crippen molar-refractivity contribution in [1.29, 1.82) is 0 Å². The third-order valence-corrected chi connectivity index (χ3v) is 4.44. The summed E-state index contributed by atoms with van der Waals surface area (Å²) >= 11 is 3.06. The molecule has 0 heterocycles. The number of nitrogens with one attached hydrogen (secondary N) is 1. The average molecular weight is 331 g/mol. The van der Waals surface area contributed by atoms with Gasteiger partial charge < -0.3 is 5.32 Å². The molecule has 0 aliphatic heterocycles. The van der Waals surface area contributed by atoms with Crippen LogP contribution in [0.1, 0.15) is 26.2 Å². The van der Waals surface area contributed by atoms with Gasteiger partial charge in [-0.05, 0) is 40.3 Å². The predicted octanol–water partition coefficient (Wildman–Crippen LogP) is 4.34. The van der Waals surface area contributed by atoms with Gasteiger partial charge in [0.25, 0.3) is 5.69 Å². The van der Waals surface area contributed by atoms with E-state index >= 15 is 0 Å². The molecule has 1 aromatic carbocycles. The Kier molecular flexibility index (Phi) is 4.39. The number of benzene rings is 1. The second kappa shape index (κ2) is 5.86. The van der Waals surface area contributed by atoms with E-state index in [2.05, 4.69) is 28.2 Å². The number of hydrogen-bond acceptors (Lipinski definition) is 3. The molecule has 1 aliphatic carbocycles. The number of hydrogen-bond donors (Lipinski definition) is 1. The molecule has 0 spiro atoms. The van der Waals surface area contributed by atoms with Gasteiger partial charge in [-0.15, -0.1) is 0 Å². The van der Waals surface area contributed by atoms with Gasteiger partial charge in [0.15, 0.2) is 0 Å².